The Bertz CT molecular complexity index is 313. The number of hydrogen-bond donors (Lipinski definition) is 1. The lowest BCUT2D eigenvalue weighted by Gasteiger charge is -2.07. The van der Waals surface area contributed by atoms with Crippen LogP contribution in [0.2, 0.25) is 0 Å². The lowest BCUT2D eigenvalue weighted by atomic mass is 10.2. The first-order chi connectivity index (χ1) is 6.52. The molecule has 0 bridgehead atoms. The van der Waals surface area contributed by atoms with Crippen molar-refractivity contribution in [1.82, 2.24) is 15.1 Å². The van der Waals surface area contributed by atoms with E-state index in [9.17, 15) is 4.79 Å². The van der Waals surface area contributed by atoms with Gasteiger partial charge in [0.2, 0.25) is 0 Å². The summed E-state index contributed by atoms with van der Waals surface area (Å²) in [6, 6.07) is 0. The fraction of sp³-hybridized carbons (Fsp3) is 0.556. The highest BCUT2D eigenvalue weighted by atomic mass is 127. The minimum atomic E-state index is -0.0527. The first-order valence-corrected chi connectivity index (χ1v) is 5.56. The van der Waals surface area contributed by atoms with Crippen molar-refractivity contribution in [2.45, 2.75) is 13.8 Å². The number of nitrogens with one attached hydrogen (secondary N) is 1. The fourth-order valence-corrected chi connectivity index (χ4v) is 1.77. The van der Waals surface area contributed by atoms with Crippen LogP contribution in [-0.2, 0) is 7.05 Å². The van der Waals surface area contributed by atoms with Crippen LogP contribution in [0.15, 0.2) is 6.20 Å². The van der Waals surface area contributed by atoms with Crippen molar-refractivity contribution in [2.24, 2.45) is 13.0 Å². The molecule has 1 amide bonds. The molecular formula is C9H14IN3O. The van der Waals surface area contributed by atoms with Gasteiger partial charge in [0.1, 0.15) is 5.69 Å². The number of aromatic nitrogens is 2. The van der Waals surface area contributed by atoms with E-state index in [1.54, 1.807) is 17.9 Å². The molecule has 1 N–H and O–H groups in total. The molecule has 0 radical (unpaired) electrons. The molecular weight excluding hydrogens is 293 g/mol. The molecule has 0 aliphatic carbocycles. The third-order valence-corrected chi connectivity index (χ3v) is 2.57. The quantitative estimate of drug-likeness (QED) is 0.858. The lowest BCUT2D eigenvalue weighted by Crippen LogP contribution is -2.29. The molecule has 0 unspecified atom stereocenters. The van der Waals surface area contributed by atoms with Gasteiger partial charge >= 0.3 is 0 Å². The number of amides is 1. The first-order valence-electron chi connectivity index (χ1n) is 4.48. The van der Waals surface area contributed by atoms with E-state index in [-0.39, 0.29) is 5.91 Å². The van der Waals surface area contributed by atoms with Crippen LogP contribution >= 0.6 is 22.6 Å². The van der Waals surface area contributed by atoms with E-state index in [1.807, 2.05) is 0 Å². The maximum Gasteiger partial charge on any atom is 0.270 e. The summed E-state index contributed by atoms with van der Waals surface area (Å²) in [6.07, 6.45) is 1.69. The Kier molecular flexibility index (Phi) is 3.91. The molecule has 0 spiro atoms. The number of carbonyl (C=O) groups is 1. The normalized spacial score (nSPS) is 10.6. The van der Waals surface area contributed by atoms with Gasteiger partial charge in [-0.1, -0.05) is 13.8 Å². The number of nitrogens with zero attached hydrogens (tertiary/aromatic N) is 2. The minimum Gasteiger partial charge on any atom is -0.350 e. The van der Waals surface area contributed by atoms with Crippen LogP contribution < -0.4 is 5.32 Å². The van der Waals surface area contributed by atoms with E-state index in [0.717, 1.165) is 3.57 Å². The van der Waals surface area contributed by atoms with Crippen molar-refractivity contribution in [2.75, 3.05) is 6.54 Å². The molecule has 0 fully saturated rings. The Hall–Kier alpha value is -0.590. The second kappa shape index (κ2) is 4.77. The summed E-state index contributed by atoms with van der Waals surface area (Å²) in [6.45, 7) is 4.82. The summed E-state index contributed by atoms with van der Waals surface area (Å²) in [4.78, 5) is 11.7. The first kappa shape index (κ1) is 11.5. The molecule has 0 atom stereocenters. The maximum atomic E-state index is 11.7. The second-order valence-corrected chi connectivity index (χ2v) is 4.73. The standard InChI is InChI=1S/C9H14IN3O/c1-6(2)4-11-9(14)8-7(10)5-12-13(8)3/h5-6H,4H2,1-3H3,(H,11,14). The van der Waals surface area contributed by atoms with Crippen LogP contribution in [-0.4, -0.2) is 22.2 Å². The topological polar surface area (TPSA) is 46.9 Å². The number of aryl methyl sites for hydroxylation is 1. The van der Waals surface area contributed by atoms with Gasteiger partial charge in [0.15, 0.2) is 0 Å². The molecule has 0 aromatic carbocycles. The Morgan fingerprint density at radius 2 is 2.36 bits per heavy atom. The number of rotatable bonds is 3. The third kappa shape index (κ3) is 2.70. The second-order valence-electron chi connectivity index (χ2n) is 3.57. The molecule has 0 saturated carbocycles. The summed E-state index contributed by atoms with van der Waals surface area (Å²) in [5.41, 5.74) is 0.631. The van der Waals surface area contributed by atoms with Gasteiger partial charge in [-0.2, -0.15) is 5.10 Å². The van der Waals surface area contributed by atoms with Crippen molar-refractivity contribution >= 4 is 28.5 Å². The van der Waals surface area contributed by atoms with Gasteiger partial charge in [0.05, 0.1) is 9.77 Å². The van der Waals surface area contributed by atoms with Crippen molar-refractivity contribution in [3.8, 4) is 0 Å². The molecule has 1 aromatic heterocycles. The monoisotopic (exact) mass is 307 g/mol. The van der Waals surface area contributed by atoms with Crippen LogP contribution in [0.3, 0.4) is 0 Å². The lowest BCUT2D eigenvalue weighted by molar-refractivity contribution is 0.0938. The zero-order valence-corrected chi connectivity index (χ0v) is 10.7. The van der Waals surface area contributed by atoms with Crippen molar-refractivity contribution in [3.63, 3.8) is 0 Å². The van der Waals surface area contributed by atoms with Crippen LogP contribution in [0, 0.1) is 9.49 Å². The van der Waals surface area contributed by atoms with Crippen LogP contribution in [0.5, 0.6) is 0 Å². The van der Waals surface area contributed by atoms with Gasteiger partial charge in [0, 0.05) is 13.6 Å². The molecule has 1 rings (SSSR count). The van der Waals surface area contributed by atoms with Crippen LogP contribution in [0.25, 0.3) is 0 Å². The van der Waals surface area contributed by atoms with E-state index in [1.165, 1.54) is 0 Å². The van der Waals surface area contributed by atoms with Gasteiger partial charge in [-0.3, -0.25) is 9.48 Å². The molecule has 5 heteroatoms. The fourth-order valence-electron chi connectivity index (χ4n) is 1.05. The Labute approximate surface area is 97.2 Å². The summed E-state index contributed by atoms with van der Waals surface area (Å²) in [5, 5.41) is 6.87. The van der Waals surface area contributed by atoms with Gasteiger partial charge in [-0.05, 0) is 28.5 Å². The van der Waals surface area contributed by atoms with Crippen LogP contribution in [0.1, 0.15) is 24.3 Å². The van der Waals surface area contributed by atoms with E-state index < -0.39 is 0 Å². The molecule has 1 aromatic rings. The third-order valence-electron chi connectivity index (χ3n) is 1.78. The highest BCUT2D eigenvalue weighted by molar-refractivity contribution is 14.1. The molecule has 0 saturated heterocycles. The van der Waals surface area contributed by atoms with Gasteiger partial charge in [-0.15, -0.1) is 0 Å². The summed E-state index contributed by atoms with van der Waals surface area (Å²) >= 11 is 2.11. The van der Waals surface area contributed by atoms with E-state index in [2.05, 4.69) is 46.9 Å². The molecule has 0 aliphatic rings. The molecule has 4 nitrogen and oxygen atoms in total. The number of halogens is 1. The molecule has 78 valence electrons. The highest BCUT2D eigenvalue weighted by Gasteiger charge is 2.14. The van der Waals surface area contributed by atoms with E-state index in [4.69, 9.17) is 0 Å². The van der Waals surface area contributed by atoms with E-state index >= 15 is 0 Å². The zero-order chi connectivity index (χ0) is 10.7. The van der Waals surface area contributed by atoms with Gasteiger partial charge in [-0.25, -0.2) is 0 Å². The van der Waals surface area contributed by atoms with Crippen molar-refractivity contribution < 1.29 is 4.79 Å². The number of carbonyl (C=O) groups excluding carboxylic acids is 1. The molecule has 1 heterocycles. The van der Waals surface area contributed by atoms with Crippen molar-refractivity contribution in [1.29, 1.82) is 0 Å². The average Bonchev–Trinajstić information content (AvgIpc) is 2.42. The Morgan fingerprint density at radius 1 is 1.71 bits per heavy atom. The number of hydrogen-bond acceptors (Lipinski definition) is 2. The van der Waals surface area contributed by atoms with Crippen LogP contribution in [0.4, 0.5) is 0 Å². The zero-order valence-electron chi connectivity index (χ0n) is 8.54. The smallest absolute Gasteiger partial charge is 0.270 e. The Balaban J connectivity index is 2.70. The predicted octanol–water partition coefficient (Wildman–Crippen LogP) is 1.41. The van der Waals surface area contributed by atoms with Gasteiger partial charge in [0.25, 0.3) is 5.91 Å². The molecule has 14 heavy (non-hydrogen) atoms. The SMILES string of the molecule is CC(C)CNC(=O)c1c(I)cnn1C. The van der Waals surface area contributed by atoms with Crippen molar-refractivity contribution in [3.05, 3.63) is 15.5 Å². The Morgan fingerprint density at radius 3 is 2.79 bits per heavy atom. The summed E-state index contributed by atoms with van der Waals surface area (Å²) < 4.78 is 2.48. The maximum absolute atomic E-state index is 11.7. The summed E-state index contributed by atoms with van der Waals surface area (Å²) in [5.74, 6) is 0.410. The average molecular weight is 307 g/mol. The van der Waals surface area contributed by atoms with Gasteiger partial charge < -0.3 is 5.32 Å². The largest absolute Gasteiger partial charge is 0.350 e. The molecule has 0 aliphatic heterocycles. The predicted molar refractivity (Wildman–Crippen MR) is 63.1 cm³/mol. The summed E-state index contributed by atoms with van der Waals surface area (Å²) in [7, 11) is 1.77. The van der Waals surface area contributed by atoms with E-state index in [0.29, 0.717) is 18.2 Å². The highest BCUT2D eigenvalue weighted by Crippen LogP contribution is 2.09. The minimum absolute atomic E-state index is 0.0527.